The fraction of sp³-hybridized carbons (Fsp3) is 0.231. The van der Waals surface area contributed by atoms with Crippen LogP contribution in [0.2, 0.25) is 0 Å². The van der Waals surface area contributed by atoms with Gasteiger partial charge in [-0.25, -0.2) is 0 Å². The van der Waals surface area contributed by atoms with E-state index < -0.39 is 0 Å². The quantitative estimate of drug-likeness (QED) is 0.734. The van der Waals surface area contributed by atoms with Gasteiger partial charge < -0.3 is 0 Å². The summed E-state index contributed by atoms with van der Waals surface area (Å²) in [5.74, 6) is 0.128. The molecule has 3 heteroatoms. The molecule has 0 N–H and O–H groups in total. The summed E-state index contributed by atoms with van der Waals surface area (Å²) in [5.41, 5.74) is 2.64. The molecule has 82 valence electrons. The molecule has 0 bridgehead atoms. The highest BCUT2D eigenvalue weighted by Gasteiger charge is 2.09. The molecule has 0 aliphatic rings. The van der Waals surface area contributed by atoms with Crippen molar-refractivity contribution in [2.45, 2.75) is 13.3 Å². The number of benzene rings is 1. The van der Waals surface area contributed by atoms with Gasteiger partial charge in [0, 0.05) is 18.3 Å². The van der Waals surface area contributed by atoms with Crippen LogP contribution in [0.3, 0.4) is 0 Å². The molecule has 16 heavy (non-hydrogen) atoms. The average Bonchev–Trinajstić information content (AvgIpc) is 2.59. The van der Waals surface area contributed by atoms with Crippen molar-refractivity contribution in [3.05, 3.63) is 53.3 Å². The molecule has 1 heterocycles. The van der Waals surface area contributed by atoms with Gasteiger partial charge in [-0.15, -0.1) is 0 Å². The van der Waals surface area contributed by atoms with E-state index in [1.54, 1.807) is 4.68 Å². The molecule has 0 radical (unpaired) electrons. The molecule has 0 saturated heterocycles. The van der Waals surface area contributed by atoms with Gasteiger partial charge in [-0.1, -0.05) is 30.3 Å². The van der Waals surface area contributed by atoms with E-state index in [4.69, 9.17) is 0 Å². The van der Waals surface area contributed by atoms with E-state index in [2.05, 4.69) is 5.10 Å². The molecule has 0 aliphatic carbocycles. The number of aryl methyl sites for hydroxylation is 2. The summed E-state index contributed by atoms with van der Waals surface area (Å²) in [6.45, 7) is 1.93. The minimum absolute atomic E-state index is 0.128. The normalized spacial score (nSPS) is 10.4. The second kappa shape index (κ2) is 4.31. The van der Waals surface area contributed by atoms with Gasteiger partial charge in [-0.05, 0) is 13.0 Å². The smallest absolute Gasteiger partial charge is 0.168 e. The Balaban J connectivity index is 2.17. The van der Waals surface area contributed by atoms with Crippen molar-refractivity contribution in [2.75, 3.05) is 0 Å². The highest BCUT2D eigenvalue weighted by Crippen LogP contribution is 2.08. The zero-order chi connectivity index (χ0) is 11.5. The number of hydrogen-bond donors (Lipinski definition) is 0. The average molecular weight is 214 g/mol. The van der Waals surface area contributed by atoms with E-state index in [9.17, 15) is 4.79 Å². The first-order valence-electron chi connectivity index (χ1n) is 5.24. The largest absolute Gasteiger partial charge is 0.294 e. The summed E-state index contributed by atoms with van der Waals surface area (Å²) >= 11 is 0. The molecule has 0 amide bonds. The number of aromatic nitrogens is 2. The molecule has 1 aromatic heterocycles. The maximum Gasteiger partial charge on any atom is 0.168 e. The van der Waals surface area contributed by atoms with Gasteiger partial charge in [0.05, 0.1) is 12.1 Å². The van der Waals surface area contributed by atoms with Crippen LogP contribution in [0.1, 0.15) is 21.7 Å². The minimum atomic E-state index is 0.128. The predicted octanol–water partition coefficient (Wildman–Crippen LogP) is 2.15. The summed E-state index contributed by atoms with van der Waals surface area (Å²) < 4.78 is 1.76. The van der Waals surface area contributed by atoms with Crippen LogP contribution in [0.4, 0.5) is 0 Å². The first-order chi connectivity index (χ1) is 7.66. The zero-order valence-corrected chi connectivity index (χ0v) is 9.47. The zero-order valence-electron chi connectivity index (χ0n) is 9.47. The van der Waals surface area contributed by atoms with Crippen LogP contribution in [0.5, 0.6) is 0 Å². The number of rotatable bonds is 3. The van der Waals surface area contributed by atoms with E-state index in [0.29, 0.717) is 6.42 Å². The van der Waals surface area contributed by atoms with E-state index in [1.165, 1.54) is 0 Å². The number of hydrogen-bond acceptors (Lipinski definition) is 2. The predicted molar refractivity (Wildman–Crippen MR) is 62.4 cm³/mol. The third-order valence-corrected chi connectivity index (χ3v) is 2.54. The fourth-order valence-electron chi connectivity index (χ4n) is 1.72. The summed E-state index contributed by atoms with van der Waals surface area (Å²) in [7, 11) is 1.86. The molecule has 1 aromatic carbocycles. The highest BCUT2D eigenvalue weighted by molar-refractivity contribution is 5.97. The van der Waals surface area contributed by atoms with E-state index in [1.807, 2.05) is 50.4 Å². The molecular weight excluding hydrogens is 200 g/mol. The first-order valence-corrected chi connectivity index (χ1v) is 5.24. The molecule has 2 aromatic rings. The maximum absolute atomic E-state index is 11.9. The van der Waals surface area contributed by atoms with Crippen LogP contribution >= 0.6 is 0 Å². The van der Waals surface area contributed by atoms with Crippen molar-refractivity contribution in [3.8, 4) is 0 Å². The van der Waals surface area contributed by atoms with Crippen molar-refractivity contribution in [2.24, 2.45) is 7.05 Å². The second-order valence-electron chi connectivity index (χ2n) is 3.87. The van der Waals surface area contributed by atoms with E-state index >= 15 is 0 Å². The number of nitrogens with zero attached hydrogens (tertiary/aromatic N) is 2. The molecule has 0 saturated carbocycles. The molecule has 0 aliphatic heterocycles. The Morgan fingerprint density at radius 3 is 2.56 bits per heavy atom. The van der Waals surface area contributed by atoms with Crippen LogP contribution in [-0.4, -0.2) is 15.6 Å². The van der Waals surface area contributed by atoms with Crippen molar-refractivity contribution < 1.29 is 4.79 Å². The number of Topliss-reactive ketones (excluding diaryl/α,β-unsaturated/α-hetero) is 1. The van der Waals surface area contributed by atoms with E-state index in [0.717, 1.165) is 17.0 Å². The number of carbonyl (C=O) groups is 1. The Hall–Kier alpha value is -1.90. The Morgan fingerprint density at radius 2 is 2.00 bits per heavy atom. The van der Waals surface area contributed by atoms with Gasteiger partial charge in [0.15, 0.2) is 5.78 Å². The monoisotopic (exact) mass is 214 g/mol. The van der Waals surface area contributed by atoms with Crippen LogP contribution in [0.25, 0.3) is 0 Å². The van der Waals surface area contributed by atoms with Gasteiger partial charge >= 0.3 is 0 Å². The van der Waals surface area contributed by atoms with Crippen molar-refractivity contribution in [1.82, 2.24) is 9.78 Å². The van der Waals surface area contributed by atoms with Gasteiger partial charge in [-0.2, -0.15) is 5.10 Å². The second-order valence-corrected chi connectivity index (χ2v) is 3.87. The molecule has 0 spiro atoms. The Kier molecular flexibility index (Phi) is 2.86. The third-order valence-electron chi connectivity index (χ3n) is 2.54. The molecule has 2 rings (SSSR count). The summed E-state index contributed by atoms with van der Waals surface area (Å²) in [6.07, 6.45) is 0.404. The first kappa shape index (κ1) is 10.6. The summed E-state index contributed by atoms with van der Waals surface area (Å²) in [4.78, 5) is 11.9. The van der Waals surface area contributed by atoms with Crippen molar-refractivity contribution in [1.29, 1.82) is 0 Å². The van der Waals surface area contributed by atoms with Gasteiger partial charge in [0.1, 0.15) is 0 Å². The lowest BCUT2D eigenvalue weighted by atomic mass is 10.1. The van der Waals surface area contributed by atoms with Crippen LogP contribution < -0.4 is 0 Å². The van der Waals surface area contributed by atoms with Crippen LogP contribution in [0, 0.1) is 6.92 Å². The Morgan fingerprint density at radius 1 is 1.31 bits per heavy atom. The van der Waals surface area contributed by atoms with Gasteiger partial charge in [-0.3, -0.25) is 9.48 Å². The van der Waals surface area contributed by atoms with Gasteiger partial charge in [0.2, 0.25) is 0 Å². The summed E-state index contributed by atoms with van der Waals surface area (Å²) in [5, 5.41) is 4.22. The molecular formula is C13H14N2O. The summed E-state index contributed by atoms with van der Waals surface area (Å²) in [6, 6.07) is 11.3. The lowest BCUT2D eigenvalue weighted by Gasteiger charge is -2.01. The van der Waals surface area contributed by atoms with Gasteiger partial charge in [0.25, 0.3) is 0 Å². The lowest BCUT2D eigenvalue weighted by molar-refractivity contribution is 0.0991. The Labute approximate surface area is 94.7 Å². The Bertz CT molecular complexity index is 500. The van der Waals surface area contributed by atoms with Crippen LogP contribution in [-0.2, 0) is 13.5 Å². The lowest BCUT2D eigenvalue weighted by Crippen LogP contribution is -2.07. The standard InChI is InChI=1S/C13H14N2O/c1-10-8-12(15(2)14-10)9-13(16)11-6-4-3-5-7-11/h3-8H,9H2,1-2H3. The topological polar surface area (TPSA) is 34.9 Å². The fourth-order valence-corrected chi connectivity index (χ4v) is 1.72. The third kappa shape index (κ3) is 2.19. The van der Waals surface area contributed by atoms with Crippen LogP contribution in [0.15, 0.2) is 36.4 Å². The number of carbonyl (C=O) groups excluding carboxylic acids is 1. The highest BCUT2D eigenvalue weighted by atomic mass is 16.1. The SMILES string of the molecule is Cc1cc(CC(=O)c2ccccc2)n(C)n1. The van der Waals surface area contributed by atoms with Crippen molar-refractivity contribution in [3.63, 3.8) is 0 Å². The maximum atomic E-state index is 11.9. The minimum Gasteiger partial charge on any atom is -0.294 e. The molecule has 0 unspecified atom stereocenters. The molecule has 0 atom stereocenters. The van der Waals surface area contributed by atoms with Crippen molar-refractivity contribution >= 4 is 5.78 Å². The number of ketones is 1. The van der Waals surface area contributed by atoms with E-state index in [-0.39, 0.29) is 5.78 Å². The molecule has 3 nitrogen and oxygen atoms in total. The molecule has 0 fully saturated rings.